The Kier molecular flexibility index (Phi) is 6.35. The average Bonchev–Trinajstić information content (AvgIpc) is 3.23. The zero-order chi connectivity index (χ0) is 20.8. The smallest absolute Gasteiger partial charge is 0.230 e. The maximum Gasteiger partial charge on any atom is 0.230 e. The van der Waals surface area contributed by atoms with Crippen molar-refractivity contribution >= 4 is 28.6 Å². The molecule has 2 aromatic heterocycles. The summed E-state index contributed by atoms with van der Waals surface area (Å²) in [6.07, 6.45) is 3.77. The lowest BCUT2D eigenvalue weighted by molar-refractivity contribution is -0.118. The number of pyridine rings is 1. The number of methoxy groups -OCH3 is 1. The van der Waals surface area contributed by atoms with Crippen LogP contribution in [-0.4, -0.2) is 35.3 Å². The number of hydrogen-bond donors (Lipinski definition) is 2. The lowest BCUT2D eigenvalue weighted by atomic mass is 9.91. The van der Waals surface area contributed by atoms with Crippen molar-refractivity contribution in [3.8, 4) is 5.75 Å². The number of H-pyrrole nitrogens is 1. The molecule has 152 valence electrons. The average molecular weight is 418 g/mol. The highest BCUT2D eigenvalue weighted by atomic mass is 32.2. The lowest BCUT2D eigenvalue weighted by Crippen LogP contribution is -2.30. The number of para-hydroxylation sites is 1. The Hall–Kier alpha value is -3.25. The molecule has 0 aliphatic rings. The Morgan fingerprint density at radius 1 is 1.10 bits per heavy atom. The van der Waals surface area contributed by atoms with Gasteiger partial charge in [-0.25, -0.2) is 4.98 Å². The second kappa shape index (κ2) is 9.50. The fourth-order valence-electron chi connectivity index (χ4n) is 3.46. The highest BCUT2D eigenvalue weighted by Gasteiger charge is 2.19. The predicted molar refractivity (Wildman–Crippen MR) is 121 cm³/mol. The van der Waals surface area contributed by atoms with Crippen LogP contribution in [-0.2, 0) is 4.79 Å². The number of carbonyl (C=O) groups is 1. The summed E-state index contributed by atoms with van der Waals surface area (Å²) in [5.74, 6) is 1.16. The predicted octanol–water partition coefficient (Wildman–Crippen LogP) is 4.61. The molecule has 5 nitrogen and oxygen atoms in total. The van der Waals surface area contributed by atoms with Crippen LogP contribution in [0.15, 0.2) is 84.1 Å². The monoisotopic (exact) mass is 417 g/mol. The number of amides is 1. The standard InChI is InChI=1S/C24H23N3O2S/c1-29-18-11-9-17(10-12-18)20(21-15-26-22-7-3-2-6-19(21)22)14-27-23(28)16-30-24-8-4-5-13-25-24/h2-13,15,20,26H,14,16H2,1H3,(H,27,28)/t20-/m1/s1. The van der Waals surface area contributed by atoms with Gasteiger partial charge in [-0.2, -0.15) is 0 Å². The molecule has 4 aromatic rings. The molecular formula is C24H23N3O2S. The molecule has 4 rings (SSSR count). The molecule has 0 bridgehead atoms. The van der Waals surface area contributed by atoms with Gasteiger partial charge in [0.15, 0.2) is 0 Å². The van der Waals surface area contributed by atoms with Crippen LogP contribution in [0.1, 0.15) is 17.0 Å². The van der Waals surface area contributed by atoms with Crippen LogP contribution in [0, 0.1) is 0 Å². The molecule has 6 heteroatoms. The van der Waals surface area contributed by atoms with E-state index in [-0.39, 0.29) is 11.8 Å². The maximum absolute atomic E-state index is 12.5. The van der Waals surface area contributed by atoms with E-state index in [0.717, 1.165) is 32.8 Å². The van der Waals surface area contributed by atoms with E-state index in [1.54, 1.807) is 13.3 Å². The number of benzene rings is 2. The summed E-state index contributed by atoms with van der Waals surface area (Å²) in [6.45, 7) is 0.510. The zero-order valence-electron chi connectivity index (χ0n) is 16.7. The van der Waals surface area contributed by atoms with Crippen LogP contribution >= 0.6 is 11.8 Å². The second-order valence-electron chi connectivity index (χ2n) is 6.88. The number of hydrogen-bond acceptors (Lipinski definition) is 4. The van der Waals surface area contributed by atoms with Gasteiger partial charge in [0, 0.05) is 35.8 Å². The first-order valence-corrected chi connectivity index (χ1v) is 10.7. The van der Waals surface area contributed by atoms with Crippen LogP contribution in [0.4, 0.5) is 0 Å². The summed E-state index contributed by atoms with van der Waals surface area (Å²) < 4.78 is 5.30. The number of fused-ring (bicyclic) bond motifs is 1. The fourth-order valence-corrected chi connectivity index (χ4v) is 4.16. The van der Waals surface area contributed by atoms with Gasteiger partial charge >= 0.3 is 0 Å². The van der Waals surface area contributed by atoms with Crippen molar-refractivity contribution in [3.63, 3.8) is 0 Å². The first-order valence-electron chi connectivity index (χ1n) is 9.75. The van der Waals surface area contributed by atoms with E-state index in [2.05, 4.69) is 39.6 Å². The molecule has 0 radical (unpaired) electrons. The molecule has 2 aromatic carbocycles. The number of aromatic nitrogens is 2. The first-order chi connectivity index (χ1) is 14.7. The Balaban J connectivity index is 1.52. The van der Waals surface area contributed by atoms with Gasteiger partial charge < -0.3 is 15.0 Å². The van der Waals surface area contributed by atoms with E-state index in [1.165, 1.54) is 11.8 Å². The van der Waals surface area contributed by atoms with Crippen LogP contribution in [0.25, 0.3) is 10.9 Å². The van der Waals surface area contributed by atoms with Crippen LogP contribution in [0.5, 0.6) is 5.75 Å². The quantitative estimate of drug-likeness (QED) is 0.411. The van der Waals surface area contributed by atoms with Gasteiger partial charge in [-0.05, 0) is 41.5 Å². The van der Waals surface area contributed by atoms with Gasteiger partial charge in [0.1, 0.15) is 5.75 Å². The summed E-state index contributed by atoms with van der Waals surface area (Å²) in [5, 5.41) is 5.11. The minimum absolute atomic E-state index is 0.0102. The third-order valence-corrected chi connectivity index (χ3v) is 5.95. The molecule has 1 atom stereocenters. The van der Waals surface area contributed by atoms with E-state index in [9.17, 15) is 4.79 Å². The summed E-state index contributed by atoms with van der Waals surface area (Å²) >= 11 is 1.44. The van der Waals surface area contributed by atoms with Gasteiger partial charge in [0.05, 0.1) is 17.9 Å². The molecule has 2 heterocycles. The van der Waals surface area contributed by atoms with Gasteiger partial charge in [-0.1, -0.05) is 48.2 Å². The van der Waals surface area contributed by atoms with Crippen molar-refractivity contribution in [3.05, 3.63) is 90.3 Å². The zero-order valence-corrected chi connectivity index (χ0v) is 17.5. The van der Waals surface area contributed by atoms with E-state index in [4.69, 9.17) is 4.74 Å². The number of nitrogens with one attached hydrogen (secondary N) is 2. The molecule has 0 unspecified atom stereocenters. The van der Waals surface area contributed by atoms with Crippen molar-refractivity contribution in [2.75, 3.05) is 19.4 Å². The Bertz CT molecular complexity index is 1110. The highest BCUT2D eigenvalue weighted by Crippen LogP contribution is 2.31. The third-order valence-electron chi connectivity index (χ3n) is 5.01. The molecular weight excluding hydrogens is 394 g/mol. The molecule has 0 fully saturated rings. The Labute approximate surface area is 179 Å². The van der Waals surface area contributed by atoms with Crippen LogP contribution in [0.3, 0.4) is 0 Å². The van der Waals surface area contributed by atoms with Crippen LogP contribution < -0.4 is 10.1 Å². The second-order valence-corrected chi connectivity index (χ2v) is 7.87. The van der Waals surface area contributed by atoms with Gasteiger partial charge in [-0.3, -0.25) is 4.79 Å². The van der Waals surface area contributed by atoms with E-state index >= 15 is 0 Å². The molecule has 2 N–H and O–H groups in total. The number of aromatic amines is 1. The normalized spacial score (nSPS) is 11.9. The van der Waals surface area contributed by atoms with Crippen LogP contribution in [0.2, 0.25) is 0 Å². The minimum Gasteiger partial charge on any atom is -0.497 e. The number of nitrogens with zero attached hydrogens (tertiary/aromatic N) is 1. The van der Waals surface area contributed by atoms with Crippen molar-refractivity contribution in [1.82, 2.24) is 15.3 Å². The van der Waals surface area contributed by atoms with Gasteiger partial charge in [-0.15, -0.1) is 0 Å². The van der Waals surface area contributed by atoms with E-state index in [0.29, 0.717) is 12.3 Å². The van der Waals surface area contributed by atoms with Gasteiger partial charge in [0.25, 0.3) is 0 Å². The fraction of sp³-hybridized carbons (Fsp3) is 0.167. The lowest BCUT2D eigenvalue weighted by Gasteiger charge is -2.18. The summed E-state index contributed by atoms with van der Waals surface area (Å²) in [6, 6.07) is 21.9. The number of thioether (sulfide) groups is 1. The molecule has 0 saturated carbocycles. The Morgan fingerprint density at radius 3 is 2.67 bits per heavy atom. The van der Waals surface area contributed by atoms with Crippen molar-refractivity contribution in [2.24, 2.45) is 0 Å². The van der Waals surface area contributed by atoms with E-state index in [1.807, 2.05) is 48.7 Å². The largest absolute Gasteiger partial charge is 0.497 e. The molecule has 0 aliphatic heterocycles. The number of ether oxygens (including phenoxy) is 1. The van der Waals surface area contributed by atoms with Gasteiger partial charge in [0.2, 0.25) is 5.91 Å². The maximum atomic E-state index is 12.5. The SMILES string of the molecule is COc1ccc([C@@H](CNC(=O)CSc2ccccn2)c2c[nH]c3ccccc23)cc1. The van der Waals surface area contributed by atoms with Crippen molar-refractivity contribution in [2.45, 2.75) is 10.9 Å². The number of rotatable bonds is 8. The molecule has 1 amide bonds. The number of carbonyl (C=O) groups excluding carboxylic acids is 1. The summed E-state index contributed by atoms with van der Waals surface area (Å²) in [5.41, 5.74) is 3.37. The molecule has 0 saturated heterocycles. The molecule has 0 spiro atoms. The van der Waals surface area contributed by atoms with E-state index < -0.39 is 0 Å². The Morgan fingerprint density at radius 2 is 1.90 bits per heavy atom. The molecule has 30 heavy (non-hydrogen) atoms. The topological polar surface area (TPSA) is 67.0 Å². The third kappa shape index (κ3) is 4.66. The van der Waals surface area contributed by atoms with Crippen molar-refractivity contribution < 1.29 is 9.53 Å². The minimum atomic E-state index is -0.0102. The van der Waals surface area contributed by atoms with Crippen molar-refractivity contribution in [1.29, 1.82) is 0 Å². The highest BCUT2D eigenvalue weighted by molar-refractivity contribution is 7.99. The summed E-state index contributed by atoms with van der Waals surface area (Å²) in [7, 11) is 1.66. The first kappa shape index (κ1) is 20.0. The molecule has 0 aliphatic carbocycles. The summed E-state index contributed by atoms with van der Waals surface area (Å²) in [4.78, 5) is 20.1.